The molecule has 0 aliphatic carbocycles. The summed E-state index contributed by atoms with van der Waals surface area (Å²) in [7, 11) is 0. The van der Waals surface area contributed by atoms with Crippen molar-refractivity contribution in [3.05, 3.63) is 12.4 Å². The lowest BCUT2D eigenvalue weighted by molar-refractivity contribution is -0.149. The number of hydrogen-bond acceptors (Lipinski definition) is 5. The molecule has 100 valence electrons. The van der Waals surface area contributed by atoms with Crippen LogP contribution in [-0.2, 0) is 20.9 Å². The van der Waals surface area contributed by atoms with Crippen LogP contribution in [0.4, 0.5) is 5.69 Å². The molecule has 1 heterocycles. The molecule has 7 heteroatoms. The van der Waals surface area contributed by atoms with Gasteiger partial charge in [-0.2, -0.15) is 5.10 Å². The number of carbonyl (C=O) groups excluding carboxylic acids is 2. The maximum Gasteiger partial charge on any atom is 0.328 e. The van der Waals surface area contributed by atoms with Crippen LogP contribution in [-0.4, -0.2) is 34.8 Å². The lowest BCUT2D eigenvalue weighted by Crippen LogP contribution is -2.30. The highest BCUT2D eigenvalue weighted by atomic mass is 16.5. The van der Waals surface area contributed by atoms with E-state index in [0.29, 0.717) is 12.2 Å². The van der Waals surface area contributed by atoms with E-state index >= 15 is 0 Å². The topological polar surface area (TPSA) is 99.2 Å². The Labute approximate surface area is 105 Å². The van der Waals surface area contributed by atoms with Crippen molar-refractivity contribution < 1.29 is 14.3 Å². The zero-order chi connectivity index (χ0) is 13.4. The molecule has 0 aliphatic rings. The number of ether oxygens (including phenoxy) is 1. The SMILES string of the molecule is CCCCNC(=O)COC(=O)Cn1cc(N)cn1. The van der Waals surface area contributed by atoms with Crippen LogP contribution in [0.3, 0.4) is 0 Å². The largest absolute Gasteiger partial charge is 0.454 e. The van der Waals surface area contributed by atoms with Gasteiger partial charge in [0, 0.05) is 12.7 Å². The van der Waals surface area contributed by atoms with Gasteiger partial charge in [0.05, 0.1) is 11.9 Å². The van der Waals surface area contributed by atoms with Gasteiger partial charge in [0.25, 0.3) is 5.91 Å². The minimum atomic E-state index is -0.524. The van der Waals surface area contributed by atoms with Crippen molar-refractivity contribution in [1.82, 2.24) is 15.1 Å². The van der Waals surface area contributed by atoms with Crippen LogP contribution in [0.2, 0.25) is 0 Å². The molecule has 1 aromatic rings. The Morgan fingerprint density at radius 3 is 2.94 bits per heavy atom. The summed E-state index contributed by atoms with van der Waals surface area (Å²) >= 11 is 0. The van der Waals surface area contributed by atoms with Crippen molar-refractivity contribution in [2.24, 2.45) is 0 Å². The second-order valence-electron chi connectivity index (χ2n) is 3.84. The minimum absolute atomic E-state index is 0.0561. The quantitative estimate of drug-likeness (QED) is 0.524. The molecule has 1 aromatic heterocycles. The third kappa shape index (κ3) is 5.33. The first-order chi connectivity index (χ1) is 8.61. The molecule has 0 aliphatic heterocycles. The zero-order valence-electron chi connectivity index (χ0n) is 10.4. The summed E-state index contributed by atoms with van der Waals surface area (Å²) in [5.41, 5.74) is 5.92. The first kappa shape index (κ1) is 14.0. The monoisotopic (exact) mass is 254 g/mol. The van der Waals surface area contributed by atoms with Crippen LogP contribution in [0, 0.1) is 0 Å². The van der Waals surface area contributed by atoms with Crippen LogP contribution in [0.25, 0.3) is 0 Å². The van der Waals surface area contributed by atoms with E-state index in [1.807, 2.05) is 6.92 Å². The second kappa shape index (κ2) is 7.31. The average molecular weight is 254 g/mol. The number of nitrogens with one attached hydrogen (secondary N) is 1. The number of hydrogen-bond donors (Lipinski definition) is 2. The Balaban J connectivity index is 2.18. The minimum Gasteiger partial charge on any atom is -0.454 e. The van der Waals surface area contributed by atoms with Crippen molar-refractivity contribution >= 4 is 17.6 Å². The van der Waals surface area contributed by atoms with Crippen LogP contribution in [0.1, 0.15) is 19.8 Å². The zero-order valence-corrected chi connectivity index (χ0v) is 10.4. The number of aromatic nitrogens is 2. The summed E-state index contributed by atoms with van der Waals surface area (Å²) in [5, 5.41) is 6.48. The molecular formula is C11H18N4O3. The third-order valence-corrected chi connectivity index (χ3v) is 2.16. The Morgan fingerprint density at radius 1 is 1.56 bits per heavy atom. The normalized spacial score (nSPS) is 10.1. The van der Waals surface area contributed by atoms with Gasteiger partial charge >= 0.3 is 5.97 Å². The van der Waals surface area contributed by atoms with E-state index in [4.69, 9.17) is 10.5 Å². The predicted molar refractivity (Wildman–Crippen MR) is 65.5 cm³/mol. The highest BCUT2D eigenvalue weighted by Crippen LogP contribution is 1.97. The van der Waals surface area contributed by atoms with E-state index in [9.17, 15) is 9.59 Å². The second-order valence-corrected chi connectivity index (χ2v) is 3.84. The molecule has 0 saturated heterocycles. The van der Waals surface area contributed by atoms with Crippen molar-refractivity contribution in [2.45, 2.75) is 26.3 Å². The van der Waals surface area contributed by atoms with E-state index in [0.717, 1.165) is 12.8 Å². The fourth-order valence-electron chi connectivity index (χ4n) is 1.25. The number of anilines is 1. The molecule has 0 fully saturated rings. The molecule has 1 rings (SSSR count). The van der Waals surface area contributed by atoms with E-state index in [-0.39, 0.29) is 19.1 Å². The first-order valence-corrected chi connectivity index (χ1v) is 5.82. The lowest BCUT2D eigenvalue weighted by Gasteiger charge is -2.06. The summed E-state index contributed by atoms with van der Waals surface area (Å²) in [6.45, 7) is 2.31. The van der Waals surface area contributed by atoms with Crippen molar-refractivity contribution in [1.29, 1.82) is 0 Å². The number of esters is 1. The Kier molecular flexibility index (Phi) is 5.69. The lowest BCUT2D eigenvalue weighted by atomic mass is 10.3. The van der Waals surface area contributed by atoms with Crippen molar-refractivity contribution in [2.75, 3.05) is 18.9 Å². The number of carbonyl (C=O) groups is 2. The fraction of sp³-hybridized carbons (Fsp3) is 0.545. The Bertz CT molecular complexity index is 403. The third-order valence-electron chi connectivity index (χ3n) is 2.16. The number of nitrogens with two attached hydrogens (primary N) is 1. The van der Waals surface area contributed by atoms with Crippen molar-refractivity contribution in [3.8, 4) is 0 Å². The maximum absolute atomic E-state index is 11.4. The standard InChI is InChI=1S/C11H18N4O3/c1-2-3-4-13-10(16)8-18-11(17)7-15-6-9(12)5-14-15/h5-6H,2-4,7-8,12H2,1H3,(H,13,16). The molecular weight excluding hydrogens is 236 g/mol. The van der Waals surface area contributed by atoms with Crippen LogP contribution in [0.15, 0.2) is 12.4 Å². The summed E-state index contributed by atoms with van der Waals surface area (Å²) in [4.78, 5) is 22.6. The van der Waals surface area contributed by atoms with Gasteiger partial charge in [-0.15, -0.1) is 0 Å². The Morgan fingerprint density at radius 2 is 2.33 bits per heavy atom. The van der Waals surface area contributed by atoms with E-state index in [2.05, 4.69) is 10.4 Å². The summed E-state index contributed by atoms with van der Waals surface area (Å²) in [5.74, 6) is -0.819. The number of unbranched alkanes of at least 4 members (excludes halogenated alkanes) is 1. The molecule has 0 spiro atoms. The number of nitrogen functional groups attached to an aromatic ring is 1. The van der Waals surface area contributed by atoms with Crippen LogP contribution < -0.4 is 11.1 Å². The van der Waals surface area contributed by atoms with Gasteiger partial charge in [-0.3, -0.25) is 14.3 Å². The smallest absolute Gasteiger partial charge is 0.328 e. The molecule has 0 unspecified atom stereocenters. The molecule has 1 amide bonds. The van der Waals surface area contributed by atoms with Gasteiger partial charge in [-0.1, -0.05) is 13.3 Å². The highest BCUT2D eigenvalue weighted by Gasteiger charge is 2.08. The van der Waals surface area contributed by atoms with E-state index in [1.165, 1.54) is 17.1 Å². The van der Waals surface area contributed by atoms with Gasteiger partial charge in [-0.05, 0) is 6.42 Å². The molecule has 0 aromatic carbocycles. The molecule has 0 saturated carbocycles. The van der Waals surface area contributed by atoms with Gasteiger partial charge in [-0.25, -0.2) is 0 Å². The molecule has 18 heavy (non-hydrogen) atoms. The predicted octanol–water partition coefficient (Wildman–Crippen LogP) is -0.0752. The molecule has 7 nitrogen and oxygen atoms in total. The van der Waals surface area contributed by atoms with Crippen molar-refractivity contribution in [3.63, 3.8) is 0 Å². The van der Waals surface area contributed by atoms with Crippen LogP contribution >= 0.6 is 0 Å². The first-order valence-electron chi connectivity index (χ1n) is 5.82. The van der Waals surface area contributed by atoms with E-state index < -0.39 is 5.97 Å². The summed E-state index contributed by atoms with van der Waals surface area (Å²) in [6, 6.07) is 0. The van der Waals surface area contributed by atoms with Gasteiger partial charge in [0.2, 0.25) is 0 Å². The van der Waals surface area contributed by atoms with Gasteiger partial charge < -0.3 is 15.8 Å². The average Bonchev–Trinajstić information content (AvgIpc) is 2.72. The highest BCUT2D eigenvalue weighted by molar-refractivity contribution is 5.80. The summed E-state index contributed by atoms with van der Waals surface area (Å²) in [6.07, 6.45) is 4.86. The maximum atomic E-state index is 11.4. The Hall–Kier alpha value is -2.05. The summed E-state index contributed by atoms with van der Waals surface area (Å²) < 4.78 is 6.15. The van der Waals surface area contributed by atoms with Crippen LogP contribution in [0.5, 0.6) is 0 Å². The van der Waals surface area contributed by atoms with Gasteiger partial charge in [0.15, 0.2) is 6.61 Å². The molecule has 0 bridgehead atoms. The fourth-order valence-corrected chi connectivity index (χ4v) is 1.25. The molecule has 0 radical (unpaired) electrons. The molecule has 0 atom stereocenters. The number of amides is 1. The van der Waals surface area contributed by atoms with E-state index in [1.54, 1.807) is 0 Å². The van der Waals surface area contributed by atoms with Gasteiger partial charge in [0.1, 0.15) is 6.54 Å². The number of nitrogens with zero attached hydrogens (tertiary/aromatic N) is 2. The number of rotatable bonds is 7. The molecule has 3 N–H and O–H groups in total.